The van der Waals surface area contributed by atoms with Crippen LogP contribution in [0.4, 0.5) is 0 Å². The molecule has 0 aliphatic heterocycles. The summed E-state index contributed by atoms with van der Waals surface area (Å²) in [5.74, 6) is -0.436. The second kappa shape index (κ2) is 10.7. The first kappa shape index (κ1) is 24.4. The van der Waals surface area contributed by atoms with Crippen LogP contribution in [0, 0.1) is 6.92 Å². The van der Waals surface area contributed by atoms with Crippen molar-refractivity contribution < 1.29 is 19.4 Å². The first-order chi connectivity index (χ1) is 16.8. The lowest BCUT2D eigenvalue weighted by Gasteiger charge is -2.13. The normalized spacial score (nSPS) is 10.7. The number of aromatic nitrogens is 1. The maximum Gasteiger partial charge on any atom is 0.307 e. The number of methoxy groups -OCH3 is 1. The zero-order valence-corrected chi connectivity index (χ0v) is 20.7. The number of hydrogen-bond donors (Lipinski definition) is 2. The number of carbonyl (C=O) groups is 2. The van der Waals surface area contributed by atoms with Crippen LogP contribution in [0.25, 0.3) is 21.7 Å². The topological polar surface area (TPSA) is 88.5 Å². The molecule has 8 heteroatoms. The Bertz CT molecular complexity index is 1380. The van der Waals surface area contributed by atoms with E-state index in [9.17, 15) is 9.59 Å². The number of aliphatic carboxylic acids is 1. The van der Waals surface area contributed by atoms with Gasteiger partial charge in [0.15, 0.2) is 0 Å². The van der Waals surface area contributed by atoms with Gasteiger partial charge in [-0.25, -0.2) is 4.98 Å². The molecule has 0 bridgehead atoms. The average molecular weight is 507 g/mol. The number of nitrogens with one attached hydrogen (secondary N) is 1. The van der Waals surface area contributed by atoms with E-state index in [4.69, 9.17) is 21.4 Å². The van der Waals surface area contributed by atoms with Gasteiger partial charge >= 0.3 is 5.97 Å². The summed E-state index contributed by atoms with van der Waals surface area (Å²) in [6, 6.07) is 20.4. The van der Waals surface area contributed by atoms with Gasteiger partial charge in [0, 0.05) is 17.1 Å². The lowest BCUT2D eigenvalue weighted by atomic mass is 9.97. The summed E-state index contributed by atoms with van der Waals surface area (Å²) in [7, 11) is 1.59. The number of halogens is 1. The highest BCUT2D eigenvalue weighted by atomic mass is 35.5. The lowest BCUT2D eigenvalue weighted by Crippen LogP contribution is -2.23. The molecule has 0 saturated heterocycles. The Labute approximate surface area is 212 Å². The summed E-state index contributed by atoms with van der Waals surface area (Å²) in [6.07, 6.45) is -0.0589. The van der Waals surface area contributed by atoms with Crippen molar-refractivity contribution in [3.8, 4) is 27.4 Å². The molecule has 0 saturated carbocycles. The molecule has 3 aromatic carbocycles. The highest BCUT2D eigenvalue weighted by molar-refractivity contribution is 7.17. The molecule has 0 unspecified atom stereocenters. The van der Waals surface area contributed by atoms with E-state index in [1.165, 1.54) is 11.3 Å². The number of carboxylic acid groups (broad SMARTS) is 1. The molecule has 0 fully saturated rings. The predicted molar refractivity (Wildman–Crippen MR) is 138 cm³/mol. The lowest BCUT2D eigenvalue weighted by molar-refractivity contribution is -0.136. The number of carboxylic acids is 1. The molecule has 2 N–H and O–H groups in total. The van der Waals surface area contributed by atoms with E-state index < -0.39 is 5.97 Å². The van der Waals surface area contributed by atoms with Crippen molar-refractivity contribution >= 4 is 34.8 Å². The number of benzene rings is 3. The molecule has 0 radical (unpaired) electrons. The van der Waals surface area contributed by atoms with E-state index in [0.29, 0.717) is 26.9 Å². The summed E-state index contributed by atoms with van der Waals surface area (Å²) in [6.45, 7) is 2.08. The minimum absolute atomic E-state index is 0.0589. The van der Waals surface area contributed by atoms with Gasteiger partial charge < -0.3 is 15.2 Å². The van der Waals surface area contributed by atoms with Crippen LogP contribution in [0.2, 0.25) is 5.02 Å². The Kier molecular flexibility index (Phi) is 7.48. The van der Waals surface area contributed by atoms with E-state index in [1.54, 1.807) is 25.3 Å². The molecule has 0 spiro atoms. The molecule has 4 rings (SSSR count). The van der Waals surface area contributed by atoms with Crippen molar-refractivity contribution in [2.45, 2.75) is 19.9 Å². The number of aryl methyl sites for hydroxylation is 1. The minimum atomic E-state index is -0.887. The summed E-state index contributed by atoms with van der Waals surface area (Å²) < 4.78 is 5.39. The standard InChI is InChI=1S/C27H23ClN2O4S/c1-16-25(35-27(30-16)18-6-8-21(28)9-7-18)26(33)29-15-20-14-22(34-2)10-11-23(20)19-5-3-4-17(12-19)13-24(31)32/h3-12,14H,13,15H2,1-2H3,(H,29,33)(H,31,32). The molecule has 1 heterocycles. The molecule has 1 amide bonds. The van der Waals surface area contributed by atoms with Gasteiger partial charge in [0.25, 0.3) is 5.91 Å². The van der Waals surface area contributed by atoms with Gasteiger partial charge in [-0.05, 0) is 53.4 Å². The second-order valence-electron chi connectivity index (χ2n) is 7.92. The van der Waals surface area contributed by atoms with Crippen molar-refractivity contribution in [3.05, 3.63) is 93.5 Å². The smallest absolute Gasteiger partial charge is 0.307 e. The van der Waals surface area contributed by atoms with Crippen LogP contribution in [0.5, 0.6) is 5.75 Å². The van der Waals surface area contributed by atoms with Crippen LogP contribution < -0.4 is 10.1 Å². The van der Waals surface area contributed by atoms with Gasteiger partial charge in [0.1, 0.15) is 15.6 Å². The SMILES string of the molecule is COc1ccc(-c2cccc(CC(=O)O)c2)c(CNC(=O)c2sc(-c3ccc(Cl)cc3)nc2C)c1. The fourth-order valence-electron chi connectivity index (χ4n) is 3.73. The van der Waals surface area contributed by atoms with Gasteiger partial charge in [-0.15, -0.1) is 11.3 Å². The van der Waals surface area contributed by atoms with E-state index >= 15 is 0 Å². The van der Waals surface area contributed by atoms with Gasteiger partial charge in [0.2, 0.25) is 0 Å². The molecule has 35 heavy (non-hydrogen) atoms. The Morgan fingerprint density at radius 3 is 2.54 bits per heavy atom. The molecule has 0 aliphatic carbocycles. The van der Waals surface area contributed by atoms with Crippen molar-refractivity contribution in [2.75, 3.05) is 7.11 Å². The number of rotatable bonds is 8. The first-order valence-electron chi connectivity index (χ1n) is 10.8. The van der Waals surface area contributed by atoms with Crippen LogP contribution in [-0.2, 0) is 17.8 Å². The highest BCUT2D eigenvalue weighted by Gasteiger charge is 2.17. The molecular weight excluding hydrogens is 484 g/mol. The molecule has 0 aliphatic rings. The van der Waals surface area contributed by atoms with Crippen molar-refractivity contribution in [1.29, 1.82) is 0 Å². The molecular formula is C27H23ClN2O4S. The highest BCUT2D eigenvalue weighted by Crippen LogP contribution is 2.30. The predicted octanol–water partition coefficient (Wildman–Crippen LogP) is 6.00. The zero-order valence-electron chi connectivity index (χ0n) is 19.2. The average Bonchev–Trinajstić information content (AvgIpc) is 3.24. The summed E-state index contributed by atoms with van der Waals surface area (Å²) in [5, 5.41) is 13.5. The number of thiazole rings is 1. The summed E-state index contributed by atoms with van der Waals surface area (Å²) >= 11 is 7.31. The molecule has 0 atom stereocenters. The van der Waals surface area contributed by atoms with Crippen LogP contribution >= 0.6 is 22.9 Å². The van der Waals surface area contributed by atoms with E-state index in [0.717, 1.165) is 27.3 Å². The maximum absolute atomic E-state index is 13.1. The third-order valence-electron chi connectivity index (χ3n) is 5.44. The Morgan fingerprint density at radius 1 is 1.06 bits per heavy atom. The number of nitrogens with zero attached hydrogens (tertiary/aromatic N) is 1. The van der Waals surface area contributed by atoms with E-state index in [2.05, 4.69) is 10.3 Å². The Hall–Kier alpha value is -3.68. The van der Waals surface area contributed by atoms with Crippen LogP contribution in [0.1, 0.15) is 26.5 Å². The molecule has 178 valence electrons. The maximum atomic E-state index is 13.1. The third-order valence-corrected chi connectivity index (χ3v) is 6.90. The fraction of sp³-hybridized carbons (Fsp3) is 0.148. The Balaban J connectivity index is 1.57. The van der Waals surface area contributed by atoms with Gasteiger partial charge in [0.05, 0.1) is 19.2 Å². The van der Waals surface area contributed by atoms with Crippen LogP contribution in [-0.4, -0.2) is 29.1 Å². The van der Waals surface area contributed by atoms with Crippen LogP contribution in [0.3, 0.4) is 0 Å². The summed E-state index contributed by atoms with van der Waals surface area (Å²) in [4.78, 5) is 29.3. The zero-order chi connectivity index (χ0) is 24.9. The number of ether oxygens (including phenoxy) is 1. The quantitative estimate of drug-likeness (QED) is 0.306. The Morgan fingerprint density at radius 2 is 1.83 bits per heavy atom. The fourth-order valence-corrected chi connectivity index (χ4v) is 4.84. The third kappa shape index (κ3) is 5.88. The van der Waals surface area contributed by atoms with E-state index in [1.807, 2.05) is 55.5 Å². The van der Waals surface area contributed by atoms with Crippen molar-refractivity contribution in [1.82, 2.24) is 10.3 Å². The largest absolute Gasteiger partial charge is 0.497 e. The molecule has 6 nitrogen and oxygen atoms in total. The number of hydrogen-bond acceptors (Lipinski definition) is 5. The minimum Gasteiger partial charge on any atom is -0.497 e. The van der Waals surface area contributed by atoms with Crippen LogP contribution in [0.15, 0.2) is 66.7 Å². The van der Waals surface area contributed by atoms with Gasteiger partial charge in [-0.2, -0.15) is 0 Å². The second-order valence-corrected chi connectivity index (χ2v) is 9.35. The molecule has 1 aromatic heterocycles. The first-order valence-corrected chi connectivity index (χ1v) is 12.0. The van der Waals surface area contributed by atoms with Gasteiger partial charge in [-0.3, -0.25) is 9.59 Å². The van der Waals surface area contributed by atoms with Crippen molar-refractivity contribution in [3.63, 3.8) is 0 Å². The van der Waals surface area contributed by atoms with Crippen molar-refractivity contribution in [2.24, 2.45) is 0 Å². The number of carbonyl (C=O) groups excluding carboxylic acids is 1. The number of amides is 1. The molecule has 4 aromatic rings. The monoisotopic (exact) mass is 506 g/mol. The van der Waals surface area contributed by atoms with E-state index in [-0.39, 0.29) is 18.9 Å². The summed E-state index contributed by atoms with van der Waals surface area (Å²) in [5.41, 5.74) is 4.87. The van der Waals surface area contributed by atoms with Gasteiger partial charge in [-0.1, -0.05) is 54.1 Å².